The molecule has 0 saturated carbocycles. The minimum absolute atomic E-state index is 0.182. The number of nitrogens with zero attached hydrogens (tertiary/aromatic N) is 3. The molecule has 0 aliphatic carbocycles. The van der Waals surface area contributed by atoms with Crippen molar-refractivity contribution in [1.82, 2.24) is 9.78 Å². The highest BCUT2D eigenvalue weighted by Crippen LogP contribution is 2.27. The summed E-state index contributed by atoms with van der Waals surface area (Å²) < 4.78 is 1.86. The molecule has 0 radical (unpaired) electrons. The van der Waals surface area contributed by atoms with Crippen molar-refractivity contribution in [2.24, 2.45) is 0 Å². The molecule has 3 aromatic rings. The standard InChI is InChI=1S/C20H21ClN4O/c1-13-11-14(2)25(23-13)17-8-5-15(6-9-17)20(26)22-16-7-10-19(24(3)4)18(21)12-16/h5-12H,1-4H3,(H,22,26). The molecule has 0 aliphatic heterocycles. The fraction of sp³-hybridized carbons (Fsp3) is 0.200. The molecule has 5 nitrogen and oxygen atoms in total. The van der Waals surface area contributed by atoms with E-state index in [9.17, 15) is 4.79 Å². The number of aryl methyl sites for hydroxylation is 2. The number of aromatic nitrogens is 2. The Hall–Kier alpha value is -2.79. The van der Waals surface area contributed by atoms with Crippen molar-refractivity contribution in [2.75, 3.05) is 24.3 Å². The third kappa shape index (κ3) is 3.73. The number of carbonyl (C=O) groups is 1. The molecule has 6 heteroatoms. The molecule has 0 unspecified atom stereocenters. The Morgan fingerprint density at radius 2 is 1.77 bits per heavy atom. The second-order valence-corrected chi connectivity index (χ2v) is 6.81. The molecule has 134 valence electrons. The molecule has 0 saturated heterocycles. The van der Waals surface area contributed by atoms with E-state index >= 15 is 0 Å². The number of hydrogen-bond donors (Lipinski definition) is 1. The van der Waals surface area contributed by atoms with Crippen molar-refractivity contribution in [1.29, 1.82) is 0 Å². The quantitative estimate of drug-likeness (QED) is 0.739. The van der Waals surface area contributed by atoms with Crippen molar-refractivity contribution < 1.29 is 4.79 Å². The average molecular weight is 369 g/mol. The number of nitrogens with one attached hydrogen (secondary N) is 1. The Balaban J connectivity index is 1.76. The van der Waals surface area contributed by atoms with Gasteiger partial charge in [0.15, 0.2) is 0 Å². The summed E-state index contributed by atoms with van der Waals surface area (Å²) >= 11 is 6.26. The summed E-state index contributed by atoms with van der Waals surface area (Å²) in [6, 6.07) is 14.8. The van der Waals surface area contributed by atoms with Crippen molar-refractivity contribution in [3.05, 3.63) is 70.5 Å². The van der Waals surface area contributed by atoms with Gasteiger partial charge in [0, 0.05) is 31.0 Å². The van der Waals surface area contributed by atoms with Crippen LogP contribution in [0.5, 0.6) is 0 Å². The maximum absolute atomic E-state index is 12.5. The van der Waals surface area contributed by atoms with Gasteiger partial charge in [-0.2, -0.15) is 5.10 Å². The molecule has 1 aromatic heterocycles. The van der Waals surface area contributed by atoms with Crippen LogP contribution in [0.2, 0.25) is 5.02 Å². The van der Waals surface area contributed by atoms with Gasteiger partial charge in [0.05, 0.1) is 22.1 Å². The van der Waals surface area contributed by atoms with Crippen LogP contribution in [0.1, 0.15) is 21.7 Å². The Morgan fingerprint density at radius 1 is 1.08 bits per heavy atom. The monoisotopic (exact) mass is 368 g/mol. The number of anilines is 2. The molecule has 1 heterocycles. The molecule has 0 fully saturated rings. The van der Waals surface area contributed by atoms with E-state index in [-0.39, 0.29) is 5.91 Å². The van der Waals surface area contributed by atoms with E-state index in [1.165, 1.54) is 0 Å². The van der Waals surface area contributed by atoms with Gasteiger partial charge in [0.1, 0.15) is 0 Å². The first-order chi connectivity index (χ1) is 12.3. The third-order valence-corrected chi connectivity index (χ3v) is 4.37. The summed E-state index contributed by atoms with van der Waals surface area (Å²) in [5, 5.41) is 7.92. The van der Waals surface area contributed by atoms with Crippen LogP contribution < -0.4 is 10.2 Å². The summed E-state index contributed by atoms with van der Waals surface area (Å²) in [4.78, 5) is 14.4. The van der Waals surface area contributed by atoms with Gasteiger partial charge in [-0.05, 0) is 62.4 Å². The van der Waals surface area contributed by atoms with Crippen LogP contribution in [0, 0.1) is 13.8 Å². The summed E-state index contributed by atoms with van der Waals surface area (Å²) in [5.41, 5.74) is 5.07. The van der Waals surface area contributed by atoms with Gasteiger partial charge in [0.2, 0.25) is 0 Å². The van der Waals surface area contributed by atoms with Gasteiger partial charge in [-0.1, -0.05) is 11.6 Å². The van der Waals surface area contributed by atoms with Crippen molar-refractivity contribution in [3.63, 3.8) is 0 Å². The molecule has 0 atom stereocenters. The van der Waals surface area contributed by atoms with Crippen molar-refractivity contribution in [2.45, 2.75) is 13.8 Å². The van der Waals surface area contributed by atoms with Gasteiger partial charge in [-0.15, -0.1) is 0 Å². The predicted molar refractivity (Wildman–Crippen MR) is 107 cm³/mol. The fourth-order valence-electron chi connectivity index (χ4n) is 2.79. The number of amides is 1. The van der Waals surface area contributed by atoms with Crippen LogP contribution in [-0.4, -0.2) is 29.8 Å². The van der Waals surface area contributed by atoms with Crippen molar-refractivity contribution >= 4 is 28.9 Å². The molecular formula is C20H21ClN4O. The van der Waals surface area contributed by atoms with E-state index in [4.69, 9.17) is 11.6 Å². The van der Waals surface area contributed by atoms with Gasteiger partial charge < -0.3 is 10.2 Å². The lowest BCUT2D eigenvalue weighted by Crippen LogP contribution is -2.13. The molecule has 0 aliphatic rings. The minimum atomic E-state index is -0.182. The Kier molecular flexibility index (Phi) is 5.00. The van der Waals surface area contributed by atoms with E-state index in [2.05, 4.69) is 10.4 Å². The summed E-state index contributed by atoms with van der Waals surface area (Å²) in [7, 11) is 3.84. The van der Waals surface area contributed by atoms with Crippen LogP contribution in [0.15, 0.2) is 48.5 Å². The largest absolute Gasteiger partial charge is 0.376 e. The number of hydrogen-bond acceptors (Lipinski definition) is 3. The van der Waals surface area contributed by atoms with Gasteiger partial charge in [-0.3, -0.25) is 4.79 Å². The third-order valence-electron chi connectivity index (χ3n) is 4.07. The highest BCUT2D eigenvalue weighted by Gasteiger charge is 2.10. The lowest BCUT2D eigenvalue weighted by atomic mass is 10.2. The summed E-state index contributed by atoms with van der Waals surface area (Å²) in [6.07, 6.45) is 0. The fourth-order valence-corrected chi connectivity index (χ4v) is 3.14. The van der Waals surface area contributed by atoms with Crippen LogP contribution in [0.3, 0.4) is 0 Å². The maximum atomic E-state index is 12.5. The summed E-state index contributed by atoms with van der Waals surface area (Å²) in [6.45, 7) is 3.96. The lowest BCUT2D eigenvalue weighted by Gasteiger charge is -2.15. The van der Waals surface area contributed by atoms with E-state index < -0.39 is 0 Å². The zero-order valence-corrected chi connectivity index (χ0v) is 16.0. The number of halogens is 1. The number of carbonyl (C=O) groups excluding carboxylic acids is 1. The topological polar surface area (TPSA) is 50.2 Å². The maximum Gasteiger partial charge on any atom is 0.255 e. The van der Waals surface area contributed by atoms with Crippen LogP contribution in [0.25, 0.3) is 5.69 Å². The predicted octanol–water partition coefficient (Wildman–Crippen LogP) is 4.46. The summed E-state index contributed by atoms with van der Waals surface area (Å²) in [5.74, 6) is -0.182. The molecule has 3 rings (SSSR count). The van der Waals surface area contributed by atoms with E-state index in [1.54, 1.807) is 18.2 Å². The highest BCUT2D eigenvalue weighted by molar-refractivity contribution is 6.33. The van der Waals surface area contributed by atoms with Crippen LogP contribution in [0.4, 0.5) is 11.4 Å². The first-order valence-corrected chi connectivity index (χ1v) is 8.65. The zero-order chi connectivity index (χ0) is 18.8. The number of benzene rings is 2. The van der Waals surface area contributed by atoms with Gasteiger partial charge >= 0.3 is 0 Å². The lowest BCUT2D eigenvalue weighted by molar-refractivity contribution is 0.102. The average Bonchev–Trinajstić information content (AvgIpc) is 2.93. The van der Waals surface area contributed by atoms with Crippen LogP contribution >= 0.6 is 11.6 Å². The van der Waals surface area contributed by atoms with Crippen LogP contribution in [-0.2, 0) is 0 Å². The van der Waals surface area contributed by atoms with E-state index in [0.717, 1.165) is 22.8 Å². The molecule has 0 bridgehead atoms. The van der Waals surface area contributed by atoms with Crippen molar-refractivity contribution in [3.8, 4) is 5.69 Å². The first-order valence-electron chi connectivity index (χ1n) is 8.27. The normalized spacial score (nSPS) is 10.7. The Morgan fingerprint density at radius 3 is 2.31 bits per heavy atom. The van der Waals surface area contributed by atoms with E-state index in [1.807, 2.05) is 67.9 Å². The SMILES string of the molecule is Cc1cc(C)n(-c2ccc(C(=O)Nc3ccc(N(C)C)c(Cl)c3)cc2)n1. The Bertz CT molecular complexity index is 945. The molecule has 2 aromatic carbocycles. The second kappa shape index (κ2) is 7.22. The molecular weight excluding hydrogens is 348 g/mol. The molecule has 0 spiro atoms. The first kappa shape index (κ1) is 18.0. The second-order valence-electron chi connectivity index (χ2n) is 6.40. The Labute approximate surface area is 158 Å². The van der Waals surface area contributed by atoms with Gasteiger partial charge in [0.25, 0.3) is 5.91 Å². The minimum Gasteiger partial charge on any atom is -0.376 e. The number of rotatable bonds is 4. The highest BCUT2D eigenvalue weighted by atomic mass is 35.5. The van der Waals surface area contributed by atoms with E-state index in [0.29, 0.717) is 16.3 Å². The molecule has 26 heavy (non-hydrogen) atoms. The molecule has 1 N–H and O–H groups in total. The smallest absolute Gasteiger partial charge is 0.255 e. The molecule has 1 amide bonds. The van der Waals surface area contributed by atoms with Gasteiger partial charge in [-0.25, -0.2) is 4.68 Å². The zero-order valence-electron chi connectivity index (χ0n) is 15.2.